The normalized spacial score (nSPS) is 30.6. The van der Waals surface area contributed by atoms with Gasteiger partial charge in [-0.2, -0.15) is 0 Å². The predicted octanol–water partition coefficient (Wildman–Crippen LogP) is 3.22. The van der Waals surface area contributed by atoms with E-state index >= 15 is 0 Å². The van der Waals surface area contributed by atoms with Crippen molar-refractivity contribution < 1.29 is 4.79 Å². The third-order valence-electron chi connectivity index (χ3n) is 7.03. The van der Waals surface area contributed by atoms with Crippen molar-refractivity contribution in [3.63, 3.8) is 0 Å². The van der Waals surface area contributed by atoms with E-state index in [0.717, 1.165) is 31.1 Å². The quantitative estimate of drug-likeness (QED) is 0.783. The molecule has 0 aromatic rings. The Morgan fingerprint density at radius 1 is 0.960 bits per heavy atom. The van der Waals surface area contributed by atoms with Gasteiger partial charge in [-0.25, -0.2) is 0 Å². The molecular weight excluding hydrogens is 310 g/mol. The van der Waals surface area contributed by atoms with Crippen molar-refractivity contribution in [3.05, 3.63) is 0 Å². The summed E-state index contributed by atoms with van der Waals surface area (Å²) in [6.07, 6.45) is 7.49. The summed E-state index contributed by atoms with van der Waals surface area (Å²) in [5.74, 6) is 1.26. The molecule has 4 aliphatic rings. The molecule has 144 valence electrons. The Hall–Kier alpha value is -0.610. The Kier molecular flexibility index (Phi) is 6.10. The Morgan fingerprint density at radius 3 is 2.08 bits per heavy atom. The Balaban J connectivity index is 0.000000880. The van der Waals surface area contributed by atoms with Crippen LogP contribution in [0, 0.1) is 11.3 Å². The first-order valence-electron chi connectivity index (χ1n) is 10.8. The highest BCUT2D eigenvalue weighted by atomic mass is 16.2. The number of nitrogens with zero attached hydrogens (tertiary/aromatic N) is 3. The van der Waals surface area contributed by atoms with E-state index in [0.29, 0.717) is 17.7 Å². The third kappa shape index (κ3) is 3.90. The first kappa shape index (κ1) is 19.2. The molecule has 1 saturated carbocycles. The summed E-state index contributed by atoms with van der Waals surface area (Å²) in [7, 11) is 0. The molecule has 1 amide bonds. The van der Waals surface area contributed by atoms with Gasteiger partial charge in [0.25, 0.3) is 0 Å². The van der Waals surface area contributed by atoms with Gasteiger partial charge in [-0.05, 0) is 57.7 Å². The van der Waals surface area contributed by atoms with Crippen LogP contribution in [-0.2, 0) is 4.79 Å². The molecule has 3 aliphatic heterocycles. The summed E-state index contributed by atoms with van der Waals surface area (Å²) in [6, 6.07) is 1.67. The minimum Gasteiger partial charge on any atom is -0.341 e. The van der Waals surface area contributed by atoms with Crippen LogP contribution in [0.5, 0.6) is 0 Å². The molecule has 0 bridgehead atoms. The minimum atomic E-state index is 0.347. The van der Waals surface area contributed by atoms with Crippen LogP contribution in [0.4, 0.5) is 0 Å². The lowest BCUT2D eigenvalue weighted by atomic mass is 9.60. The fraction of sp³-hybridized carbons (Fsp3) is 0.952. The molecule has 4 heteroatoms. The average molecular weight is 350 g/mol. The average Bonchev–Trinajstić information content (AvgIpc) is 3.01. The molecule has 1 aliphatic carbocycles. The number of amides is 1. The summed E-state index contributed by atoms with van der Waals surface area (Å²) in [5, 5.41) is 0. The highest BCUT2D eigenvalue weighted by molar-refractivity contribution is 5.77. The number of carbonyl (C=O) groups excluding carboxylic acids is 1. The van der Waals surface area contributed by atoms with Gasteiger partial charge in [-0.15, -0.1) is 0 Å². The van der Waals surface area contributed by atoms with Gasteiger partial charge < -0.3 is 14.7 Å². The van der Waals surface area contributed by atoms with Crippen molar-refractivity contribution in [3.8, 4) is 0 Å². The highest BCUT2D eigenvalue weighted by Gasteiger charge is 2.54. The molecule has 1 spiro atoms. The number of hydrogen-bond donors (Lipinski definition) is 0. The van der Waals surface area contributed by atoms with Crippen LogP contribution in [0.2, 0.25) is 0 Å². The Bertz CT molecular complexity index is 444. The van der Waals surface area contributed by atoms with E-state index in [4.69, 9.17) is 0 Å². The van der Waals surface area contributed by atoms with E-state index in [2.05, 4.69) is 21.6 Å². The monoisotopic (exact) mass is 349 g/mol. The van der Waals surface area contributed by atoms with E-state index in [1.165, 1.54) is 58.3 Å². The zero-order valence-electron chi connectivity index (χ0n) is 17.0. The zero-order chi connectivity index (χ0) is 18.0. The fourth-order valence-corrected chi connectivity index (χ4v) is 5.54. The van der Waals surface area contributed by atoms with Crippen LogP contribution in [-0.4, -0.2) is 72.0 Å². The number of likely N-dealkylation sites (tertiary alicyclic amines) is 3. The summed E-state index contributed by atoms with van der Waals surface area (Å²) in [4.78, 5) is 19.3. The molecule has 3 saturated heterocycles. The fourth-order valence-electron chi connectivity index (χ4n) is 5.54. The molecule has 0 aromatic heterocycles. The van der Waals surface area contributed by atoms with E-state index in [1.807, 2.05) is 20.8 Å². The summed E-state index contributed by atoms with van der Waals surface area (Å²) in [6.45, 7) is 15.7. The number of hydrogen-bond acceptors (Lipinski definition) is 3. The number of piperidine rings is 1. The van der Waals surface area contributed by atoms with Gasteiger partial charge in [-0.1, -0.05) is 27.7 Å². The molecule has 25 heavy (non-hydrogen) atoms. The molecule has 4 fully saturated rings. The number of rotatable bonds is 3. The van der Waals surface area contributed by atoms with Crippen molar-refractivity contribution in [2.75, 3.05) is 39.3 Å². The van der Waals surface area contributed by atoms with Crippen LogP contribution >= 0.6 is 0 Å². The van der Waals surface area contributed by atoms with Crippen molar-refractivity contribution in [2.24, 2.45) is 11.3 Å². The van der Waals surface area contributed by atoms with Crippen molar-refractivity contribution >= 4 is 5.91 Å². The molecule has 0 N–H and O–H groups in total. The van der Waals surface area contributed by atoms with E-state index < -0.39 is 0 Å². The van der Waals surface area contributed by atoms with E-state index in [9.17, 15) is 4.79 Å². The predicted molar refractivity (Wildman–Crippen MR) is 104 cm³/mol. The largest absolute Gasteiger partial charge is 0.341 e. The SMILES string of the molecule is CC.CCC(=O)N1CC2(CC(N3CCC(N4CCC(C)C4)CC3)C2)C1. The van der Waals surface area contributed by atoms with Gasteiger partial charge in [0.1, 0.15) is 0 Å². The number of carbonyl (C=O) groups is 1. The second-order valence-electron chi connectivity index (χ2n) is 8.82. The lowest BCUT2D eigenvalue weighted by molar-refractivity contribution is -0.158. The zero-order valence-corrected chi connectivity index (χ0v) is 17.0. The van der Waals surface area contributed by atoms with Gasteiger partial charge in [0.15, 0.2) is 0 Å². The maximum absolute atomic E-state index is 11.7. The van der Waals surface area contributed by atoms with Crippen LogP contribution in [0.15, 0.2) is 0 Å². The molecule has 1 unspecified atom stereocenters. The van der Waals surface area contributed by atoms with Gasteiger partial charge in [0.05, 0.1) is 0 Å². The standard InChI is InChI=1S/C19H33N3O.C2H6/c1-3-18(23)22-13-19(14-22)10-17(11-19)20-8-5-16(6-9-20)21-7-4-15(2)12-21;1-2/h15-17H,3-14H2,1-2H3;1-2H3. The topological polar surface area (TPSA) is 26.8 Å². The second-order valence-corrected chi connectivity index (χ2v) is 8.82. The lowest BCUT2D eigenvalue weighted by Crippen LogP contribution is -2.68. The van der Waals surface area contributed by atoms with Crippen molar-refractivity contribution in [1.82, 2.24) is 14.7 Å². The lowest BCUT2D eigenvalue weighted by Gasteiger charge is -2.61. The Labute approximate surface area is 154 Å². The van der Waals surface area contributed by atoms with Crippen LogP contribution in [0.25, 0.3) is 0 Å². The molecule has 0 aromatic carbocycles. The van der Waals surface area contributed by atoms with Gasteiger partial charge in [0.2, 0.25) is 5.91 Å². The smallest absolute Gasteiger partial charge is 0.222 e. The van der Waals surface area contributed by atoms with Gasteiger partial charge in [0, 0.05) is 43.6 Å². The molecule has 1 atom stereocenters. The summed E-state index contributed by atoms with van der Waals surface area (Å²) < 4.78 is 0. The molecule has 4 nitrogen and oxygen atoms in total. The van der Waals surface area contributed by atoms with Gasteiger partial charge >= 0.3 is 0 Å². The van der Waals surface area contributed by atoms with Crippen LogP contribution in [0.3, 0.4) is 0 Å². The highest BCUT2D eigenvalue weighted by Crippen LogP contribution is 2.50. The summed E-state index contributed by atoms with van der Waals surface area (Å²) in [5.41, 5.74) is 0.511. The van der Waals surface area contributed by atoms with Crippen LogP contribution in [0.1, 0.15) is 66.2 Å². The maximum atomic E-state index is 11.7. The Morgan fingerprint density at radius 2 is 1.56 bits per heavy atom. The second kappa shape index (κ2) is 7.96. The van der Waals surface area contributed by atoms with Crippen molar-refractivity contribution in [1.29, 1.82) is 0 Å². The molecule has 0 radical (unpaired) electrons. The first-order valence-corrected chi connectivity index (χ1v) is 10.8. The van der Waals surface area contributed by atoms with E-state index in [-0.39, 0.29) is 0 Å². The molecule has 3 heterocycles. The van der Waals surface area contributed by atoms with Crippen molar-refractivity contribution in [2.45, 2.75) is 78.3 Å². The summed E-state index contributed by atoms with van der Waals surface area (Å²) >= 11 is 0. The minimum absolute atomic E-state index is 0.347. The molecular formula is C21H39N3O. The first-order chi connectivity index (χ1) is 12.1. The van der Waals surface area contributed by atoms with E-state index in [1.54, 1.807) is 0 Å². The maximum Gasteiger partial charge on any atom is 0.222 e. The third-order valence-corrected chi connectivity index (χ3v) is 7.03. The van der Waals surface area contributed by atoms with Gasteiger partial charge in [-0.3, -0.25) is 4.79 Å². The molecule has 4 rings (SSSR count). The van der Waals surface area contributed by atoms with Crippen LogP contribution < -0.4 is 0 Å².